The van der Waals surface area contributed by atoms with Crippen LogP contribution in [-0.2, 0) is 23.8 Å². The van der Waals surface area contributed by atoms with Gasteiger partial charge in [-0.25, -0.2) is 4.98 Å². The molecule has 1 amide bonds. The molecule has 4 rings (SSSR count). The van der Waals surface area contributed by atoms with Gasteiger partial charge in [0.2, 0.25) is 5.91 Å². The van der Waals surface area contributed by atoms with Crippen molar-refractivity contribution in [2.75, 3.05) is 11.9 Å². The summed E-state index contributed by atoms with van der Waals surface area (Å²) in [5.74, 6) is 0.374. The van der Waals surface area contributed by atoms with E-state index in [4.69, 9.17) is 16.7 Å². The highest BCUT2D eigenvalue weighted by atomic mass is 35.5. The van der Waals surface area contributed by atoms with Crippen molar-refractivity contribution >= 4 is 35.0 Å². The lowest BCUT2D eigenvalue weighted by atomic mass is 10.00. The molecule has 0 aliphatic heterocycles. The molecule has 0 bridgehead atoms. The first-order valence-corrected chi connectivity index (χ1v) is 13.9. The van der Waals surface area contributed by atoms with Crippen LogP contribution in [0.2, 0.25) is 5.02 Å². The van der Waals surface area contributed by atoms with Crippen molar-refractivity contribution in [3.05, 3.63) is 88.8 Å². The molecule has 2 aromatic carbocycles. The van der Waals surface area contributed by atoms with Gasteiger partial charge in [0.1, 0.15) is 5.69 Å². The van der Waals surface area contributed by atoms with Gasteiger partial charge < -0.3 is 15.4 Å². The van der Waals surface area contributed by atoms with Gasteiger partial charge in [-0.3, -0.25) is 9.78 Å². The topological polar surface area (TPSA) is 90.9 Å². The lowest BCUT2D eigenvalue weighted by molar-refractivity contribution is -0.137. The molecule has 0 atom stereocenters. The molecule has 0 saturated heterocycles. The summed E-state index contributed by atoms with van der Waals surface area (Å²) in [5.41, 5.74) is 2.22. The van der Waals surface area contributed by atoms with Crippen LogP contribution in [0.3, 0.4) is 0 Å². The number of imidazole rings is 1. The number of amides is 1. The lowest BCUT2D eigenvalue weighted by Gasteiger charge is -2.12. The van der Waals surface area contributed by atoms with Crippen molar-refractivity contribution < 1.29 is 23.1 Å². The normalized spacial score (nSPS) is 11.1. The number of nitrogens with zero attached hydrogens (tertiary/aromatic N) is 2. The minimum Gasteiger partial charge on any atom is -0.397 e. The quantitative estimate of drug-likeness (QED) is 0.185. The maximum absolute atomic E-state index is 13.0. The Morgan fingerprint density at radius 3 is 2.45 bits per heavy atom. The Bertz CT molecular complexity index is 1400. The van der Waals surface area contributed by atoms with Gasteiger partial charge >= 0.3 is 6.18 Å². The Morgan fingerprint density at radius 1 is 1.02 bits per heavy atom. The van der Waals surface area contributed by atoms with E-state index in [1.54, 1.807) is 37.3 Å². The van der Waals surface area contributed by atoms with Crippen LogP contribution in [0.5, 0.6) is 0 Å². The molecule has 11 heteroatoms. The summed E-state index contributed by atoms with van der Waals surface area (Å²) >= 11 is 7.28. The summed E-state index contributed by atoms with van der Waals surface area (Å²) in [6, 6.07) is 13.6. The molecule has 0 saturated carbocycles. The Labute approximate surface area is 240 Å². The van der Waals surface area contributed by atoms with Crippen LogP contribution in [0.1, 0.15) is 43.4 Å². The van der Waals surface area contributed by atoms with Crippen molar-refractivity contribution in [2.45, 2.75) is 55.5 Å². The molecule has 2 heterocycles. The number of hydrogen-bond acceptors (Lipinski definition) is 5. The molecule has 2 aromatic heterocycles. The highest BCUT2D eigenvalue weighted by Crippen LogP contribution is 2.36. The Kier molecular flexibility index (Phi) is 11.6. The van der Waals surface area contributed by atoms with Crippen molar-refractivity contribution in [1.29, 1.82) is 0 Å². The number of carbonyl (C=O) groups excluding carboxylic acids is 1. The van der Waals surface area contributed by atoms with E-state index in [-0.39, 0.29) is 24.6 Å². The number of aliphatic hydroxyl groups is 1. The van der Waals surface area contributed by atoms with E-state index in [9.17, 15) is 18.0 Å². The van der Waals surface area contributed by atoms with Crippen LogP contribution in [0.25, 0.3) is 11.5 Å². The van der Waals surface area contributed by atoms with Crippen LogP contribution >= 0.6 is 23.4 Å². The average Bonchev–Trinajstić information content (AvgIpc) is 3.46. The van der Waals surface area contributed by atoms with Gasteiger partial charge in [-0.2, -0.15) is 13.2 Å². The number of nitrogens with one attached hydrogen (secondary N) is 2. The summed E-state index contributed by atoms with van der Waals surface area (Å²) in [5, 5.41) is 9.70. The van der Waals surface area contributed by atoms with Gasteiger partial charge in [0.25, 0.3) is 0 Å². The summed E-state index contributed by atoms with van der Waals surface area (Å²) in [6.07, 6.45) is 2.91. The standard InChI is InChI=1S/C27H24ClF3N4OS.C2H6O/c1-2-17-14-20(37-21-10-11-32-24(16-21)26-33-12-13-34-26)8-6-18(17)4-3-5-25(36)35-19-7-9-23(28)22(15-19)27(29,30)31;1-2-3/h6-16H,2-5H2,1H3,(H,33,34)(H,35,36);3H,2H2,1H3. The second-order valence-electron chi connectivity index (χ2n) is 8.61. The smallest absolute Gasteiger partial charge is 0.397 e. The predicted molar refractivity (Wildman–Crippen MR) is 153 cm³/mol. The number of benzene rings is 2. The fraction of sp³-hybridized carbons (Fsp3) is 0.276. The van der Waals surface area contributed by atoms with Gasteiger partial charge in [-0.1, -0.05) is 36.4 Å². The predicted octanol–water partition coefficient (Wildman–Crippen LogP) is 7.82. The number of H-pyrrole nitrogens is 1. The maximum Gasteiger partial charge on any atom is 0.417 e. The van der Waals surface area contributed by atoms with E-state index in [1.165, 1.54) is 11.6 Å². The lowest BCUT2D eigenvalue weighted by Crippen LogP contribution is -2.13. The molecule has 6 nitrogen and oxygen atoms in total. The van der Waals surface area contributed by atoms with Crippen LogP contribution in [0, 0.1) is 0 Å². The molecule has 0 spiro atoms. The molecule has 0 fully saturated rings. The van der Waals surface area contributed by atoms with Gasteiger partial charge in [0, 0.05) is 47.1 Å². The number of pyridine rings is 1. The maximum atomic E-state index is 13.0. The molecule has 3 N–H and O–H groups in total. The minimum atomic E-state index is -4.59. The van der Waals surface area contributed by atoms with Gasteiger partial charge in [-0.05, 0) is 79.8 Å². The Balaban J connectivity index is 0.00000141. The minimum absolute atomic E-state index is 0.0728. The number of alkyl halides is 3. The number of aromatic amines is 1. The van der Waals surface area contributed by atoms with E-state index in [1.807, 2.05) is 12.1 Å². The van der Waals surface area contributed by atoms with Crippen molar-refractivity contribution in [3.8, 4) is 11.5 Å². The molecule has 40 heavy (non-hydrogen) atoms. The van der Waals surface area contributed by atoms with E-state index >= 15 is 0 Å². The summed E-state index contributed by atoms with van der Waals surface area (Å²) in [4.78, 5) is 26.2. The summed E-state index contributed by atoms with van der Waals surface area (Å²) in [6.45, 7) is 4.01. The molecule has 0 radical (unpaired) electrons. The monoisotopic (exact) mass is 590 g/mol. The van der Waals surface area contributed by atoms with Crippen molar-refractivity contribution in [3.63, 3.8) is 0 Å². The van der Waals surface area contributed by atoms with Gasteiger partial charge in [-0.15, -0.1) is 0 Å². The molecular formula is C29H30ClF3N4O2S. The van der Waals surface area contributed by atoms with E-state index < -0.39 is 16.8 Å². The number of anilines is 1. The molecule has 0 aliphatic rings. The first-order chi connectivity index (χ1) is 19.1. The number of hydrogen-bond donors (Lipinski definition) is 3. The highest BCUT2D eigenvalue weighted by Gasteiger charge is 2.33. The first kappa shape index (κ1) is 31.2. The zero-order chi connectivity index (χ0) is 29.1. The molecule has 0 aliphatic carbocycles. The van der Waals surface area contributed by atoms with E-state index in [0.29, 0.717) is 18.7 Å². The SMILES string of the molecule is CCO.CCc1cc(Sc2ccnc(-c3ncc[nH]3)c2)ccc1CCCC(=O)Nc1ccc(Cl)c(C(F)(F)F)c1. The number of aromatic nitrogens is 3. The molecule has 4 aromatic rings. The number of carbonyl (C=O) groups is 1. The molecule has 212 valence electrons. The van der Waals surface area contributed by atoms with Gasteiger partial charge in [0.05, 0.1) is 10.6 Å². The Morgan fingerprint density at radius 2 is 1.77 bits per heavy atom. The van der Waals surface area contributed by atoms with Gasteiger partial charge in [0.15, 0.2) is 5.82 Å². The van der Waals surface area contributed by atoms with E-state index in [0.717, 1.165) is 39.6 Å². The third-order valence-corrected chi connectivity index (χ3v) is 6.98. The zero-order valence-corrected chi connectivity index (χ0v) is 23.6. The molecular weight excluding hydrogens is 561 g/mol. The summed E-state index contributed by atoms with van der Waals surface area (Å²) in [7, 11) is 0. The number of aliphatic hydroxyl groups excluding tert-OH is 1. The molecule has 0 unspecified atom stereocenters. The highest BCUT2D eigenvalue weighted by molar-refractivity contribution is 7.99. The fourth-order valence-electron chi connectivity index (χ4n) is 3.87. The second-order valence-corrected chi connectivity index (χ2v) is 10.2. The fourth-order valence-corrected chi connectivity index (χ4v) is 5.00. The third-order valence-electron chi connectivity index (χ3n) is 5.67. The average molecular weight is 591 g/mol. The number of halogens is 4. The van der Waals surface area contributed by atoms with E-state index in [2.05, 4.69) is 45.4 Å². The number of rotatable bonds is 9. The zero-order valence-electron chi connectivity index (χ0n) is 22.1. The first-order valence-electron chi connectivity index (χ1n) is 12.7. The van der Waals surface area contributed by atoms with Crippen molar-refractivity contribution in [2.24, 2.45) is 0 Å². The third kappa shape index (κ3) is 9.11. The van der Waals surface area contributed by atoms with Crippen LogP contribution in [0.4, 0.5) is 18.9 Å². The summed E-state index contributed by atoms with van der Waals surface area (Å²) < 4.78 is 39.1. The van der Waals surface area contributed by atoms with Crippen molar-refractivity contribution in [1.82, 2.24) is 15.0 Å². The Hall–Kier alpha value is -3.34. The van der Waals surface area contributed by atoms with Crippen LogP contribution in [-0.4, -0.2) is 32.6 Å². The second kappa shape index (κ2) is 14.9. The number of aryl methyl sites for hydroxylation is 2. The van der Waals surface area contributed by atoms with Crippen LogP contribution in [0.15, 0.2) is 76.9 Å². The largest absolute Gasteiger partial charge is 0.417 e. The van der Waals surface area contributed by atoms with Crippen LogP contribution < -0.4 is 5.32 Å².